The Kier molecular flexibility index (Phi) is 4.59. The summed E-state index contributed by atoms with van der Waals surface area (Å²) < 4.78 is 13.2. The number of rotatable bonds is 4. The lowest BCUT2D eigenvalue weighted by Gasteiger charge is -2.16. The van der Waals surface area contributed by atoms with E-state index >= 15 is 0 Å². The monoisotopic (exact) mass is 334 g/mol. The van der Waals surface area contributed by atoms with E-state index in [1.807, 2.05) is 35.2 Å². The van der Waals surface area contributed by atoms with Gasteiger partial charge in [0.25, 0.3) is 0 Å². The zero-order valence-corrected chi connectivity index (χ0v) is 13.1. The van der Waals surface area contributed by atoms with Gasteiger partial charge in [0.1, 0.15) is 5.82 Å². The van der Waals surface area contributed by atoms with Crippen LogP contribution in [0.5, 0.6) is 0 Å². The SMILES string of the molecule is O=[N+]([O-])C1CN(Cc2ccccc2)CC1c1ccc(F)cc1Cl. The molecule has 0 amide bonds. The molecule has 1 aliphatic rings. The van der Waals surface area contributed by atoms with Crippen molar-refractivity contribution in [3.05, 3.63) is 80.6 Å². The standard InChI is InChI=1S/C17H16ClFN2O2/c18-16-8-13(19)6-7-14(16)15-10-20(11-17(15)21(22)23)9-12-4-2-1-3-5-12/h1-8,15,17H,9-11H2. The number of benzene rings is 2. The summed E-state index contributed by atoms with van der Waals surface area (Å²) in [6.45, 7) is 1.55. The van der Waals surface area contributed by atoms with Crippen LogP contribution in [0.3, 0.4) is 0 Å². The van der Waals surface area contributed by atoms with Gasteiger partial charge in [0, 0.05) is 23.0 Å². The quantitative estimate of drug-likeness (QED) is 0.632. The van der Waals surface area contributed by atoms with Crippen LogP contribution >= 0.6 is 11.6 Å². The number of nitrogens with zero attached hydrogens (tertiary/aromatic N) is 2. The fraction of sp³-hybridized carbons (Fsp3) is 0.294. The Balaban J connectivity index is 1.83. The van der Waals surface area contributed by atoms with Gasteiger partial charge in [-0.15, -0.1) is 0 Å². The van der Waals surface area contributed by atoms with Crippen LogP contribution in [-0.4, -0.2) is 29.0 Å². The Bertz CT molecular complexity index is 711. The van der Waals surface area contributed by atoms with Crippen molar-refractivity contribution in [3.63, 3.8) is 0 Å². The fourth-order valence-corrected chi connectivity index (χ4v) is 3.47. The van der Waals surface area contributed by atoms with Crippen LogP contribution in [0, 0.1) is 15.9 Å². The maximum absolute atomic E-state index is 13.2. The third-order valence-corrected chi connectivity index (χ3v) is 4.57. The highest BCUT2D eigenvalue weighted by molar-refractivity contribution is 6.31. The summed E-state index contributed by atoms with van der Waals surface area (Å²) in [5.41, 5.74) is 1.76. The van der Waals surface area contributed by atoms with E-state index < -0.39 is 11.9 Å². The summed E-state index contributed by atoms with van der Waals surface area (Å²) in [5.74, 6) is -0.766. The minimum absolute atomic E-state index is 0.253. The largest absolute Gasteiger partial charge is 0.292 e. The molecule has 2 aromatic rings. The number of likely N-dealkylation sites (tertiary alicyclic amines) is 1. The molecule has 3 rings (SSSR count). The Morgan fingerprint density at radius 2 is 1.96 bits per heavy atom. The molecular weight excluding hydrogens is 319 g/mol. The van der Waals surface area contributed by atoms with Crippen molar-refractivity contribution < 1.29 is 9.31 Å². The first-order chi connectivity index (χ1) is 11.0. The molecule has 23 heavy (non-hydrogen) atoms. The van der Waals surface area contributed by atoms with E-state index in [-0.39, 0.29) is 15.9 Å². The van der Waals surface area contributed by atoms with E-state index in [0.717, 1.165) is 5.56 Å². The van der Waals surface area contributed by atoms with Crippen LogP contribution in [-0.2, 0) is 6.54 Å². The molecular formula is C17H16ClFN2O2. The third-order valence-electron chi connectivity index (χ3n) is 4.25. The van der Waals surface area contributed by atoms with E-state index in [1.165, 1.54) is 12.1 Å². The summed E-state index contributed by atoms with van der Waals surface area (Å²) in [7, 11) is 0. The summed E-state index contributed by atoms with van der Waals surface area (Å²) in [6.07, 6.45) is 0. The average molecular weight is 335 g/mol. The summed E-state index contributed by atoms with van der Waals surface area (Å²) in [5, 5.41) is 11.7. The van der Waals surface area contributed by atoms with E-state index in [9.17, 15) is 14.5 Å². The molecule has 1 aliphatic heterocycles. The molecule has 2 unspecified atom stereocenters. The molecule has 0 bridgehead atoms. The van der Waals surface area contributed by atoms with Gasteiger partial charge in [0.2, 0.25) is 6.04 Å². The molecule has 120 valence electrons. The number of halogens is 2. The van der Waals surface area contributed by atoms with Gasteiger partial charge < -0.3 is 0 Å². The van der Waals surface area contributed by atoms with Crippen LogP contribution in [0.15, 0.2) is 48.5 Å². The molecule has 0 radical (unpaired) electrons. The lowest BCUT2D eigenvalue weighted by Crippen LogP contribution is -2.28. The Labute approximate surface area is 138 Å². The predicted molar refractivity (Wildman–Crippen MR) is 86.7 cm³/mol. The van der Waals surface area contributed by atoms with Crippen LogP contribution in [0.25, 0.3) is 0 Å². The second kappa shape index (κ2) is 6.64. The smallest absolute Gasteiger partial charge is 0.233 e. The zero-order valence-electron chi connectivity index (χ0n) is 12.4. The molecule has 1 heterocycles. The highest BCUT2D eigenvalue weighted by atomic mass is 35.5. The molecule has 6 heteroatoms. The third kappa shape index (κ3) is 3.51. The molecule has 2 aromatic carbocycles. The topological polar surface area (TPSA) is 46.4 Å². The van der Waals surface area contributed by atoms with E-state index in [0.29, 0.717) is 25.2 Å². The lowest BCUT2D eigenvalue weighted by molar-refractivity contribution is -0.521. The minimum Gasteiger partial charge on any atom is -0.292 e. The first kappa shape index (κ1) is 15.9. The van der Waals surface area contributed by atoms with Crippen molar-refractivity contribution in [2.75, 3.05) is 13.1 Å². The van der Waals surface area contributed by atoms with Crippen LogP contribution in [0.4, 0.5) is 4.39 Å². The van der Waals surface area contributed by atoms with Gasteiger partial charge >= 0.3 is 0 Å². The molecule has 0 spiro atoms. The van der Waals surface area contributed by atoms with Gasteiger partial charge in [-0.3, -0.25) is 15.0 Å². The van der Waals surface area contributed by atoms with Crippen LogP contribution < -0.4 is 0 Å². The zero-order chi connectivity index (χ0) is 16.4. The lowest BCUT2D eigenvalue weighted by atomic mass is 9.94. The number of hydrogen-bond donors (Lipinski definition) is 0. The maximum Gasteiger partial charge on any atom is 0.233 e. The van der Waals surface area contributed by atoms with Gasteiger partial charge in [-0.25, -0.2) is 4.39 Å². The number of nitro groups is 1. The van der Waals surface area contributed by atoms with Gasteiger partial charge in [-0.2, -0.15) is 0 Å². The van der Waals surface area contributed by atoms with Crippen molar-refractivity contribution >= 4 is 11.6 Å². The highest BCUT2D eigenvalue weighted by Crippen LogP contribution is 2.34. The first-order valence-electron chi connectivity index (χ1n) is 7.39. The Morgan fingerprint density at radius 1 is 1.22 bits per heavy atom. The van der Waals surface area contributed by atoms with Crippen molar-refractivity contribution in [1.29, 1.82) is 0 Å². The molecule has 1 saturated heterocycles. The van der Waals surface area contributed by atoms with Crippen molar-refractivity contribution in [3.8, 4) is 0 Å². The number of hydrogen-bond acceptors (Lipinski definition) is 3. The summed E-state index contributed by atoms with van der Waals surface area (Å²) in [4.78, 5) is 13.2. The second-order valence-electron chi connectivity index (χ2n) is 5.80. The van der Waals surface area contributed by atoms with Crippen molar-refractivity contribution in [2.24, 2.45) is 0 Å². The predicted octanol–water partition coefficient (Wildman–Crippen LogP) is 3.72. The molecule has 1 fully saturated rings. The minimum atomic E-state index is -0.735. The molecule has 0 aliphatic carbocycles. The Hall–Kier alpha value is -1.98. The van der Waals surface area contributed by atoms with Gasteiger partial charge in [-0.1, -0.05) is 48.0 Å². The van der Waals surface area contributed by atoms with E-state index in [4.69, 9.17) is 11.6 Å². The molecule has 4 nitrogen and oxygen atoms in total. The normalized spacial score (nSPS) is 21.5. The Morgan fingerprint density at radius 3 is 2.61 bits per heavy atom. The van der Waals surface area contributed by atoms with E-state index in [2.05, 4.69) is 0 Å². The van der Waals surface area contributed by atoms with Gasteiger partial charge in [-0.05, 0) is 23.3 Å². The highest BCUT2D eigenvalue weighted by Gasteiger charge is 2.42. The molecule has 2 atom stereocenters. The summed E-state index contributed by atoms with van der Waals surface area (Å²) in [6, 6.07) is 13.2. The van der Waals surface area contributed by atoms with Crippen molar-refractivity contribution in [2.45, 2.75) is 18.5 Å². The molecule has 0 aromatic heterocycles. The second-order valence-corrected chi connectivity index (χ2v) is 6.21. The van der Waals surface area contributed by atoms with Crippen LogP contribution in [0.2, 0.25) is 5.02 Å². The first-order valence-corrected chi connectivity index (χ1v) is 7.77. The average Bonchev–Trinajstić information content (AvgIpc) is 2.92. The maximum atomic E-state index is 13.2. The van der Waals surface area contributed by atoms with Crippen molar-refractivity contribution in [1.82, 2.24) is 4.90 Å². The van der Waals surface area contributed by atoms with Crippen LogP contribution in [0.1, 0.15) is 17.0 Å². The van der Waals surface area contributed by atoms with E-state index in [1.54, 1.807) is 6.07 Å². The molecule has 0 N–H and O–H groups in total. The summed E-state index contributed by atoms with van der Waals surface area (Å²) >= 11 is 6.11. The van der Waals surface area contributed by atoms with Gasteiger partial charge in [0.15, 0.2) is 0 Å². The molecule has 0 saturated carbocycles. The van der Waals surface area contributed by atoms with Gasteiger partial charge in [0.05, 0.1) is 12.5 Å². The fourth-order valence-electron chi connectivity index (χ4n) is 3.16.